The fourth-order valence-corrected chi connectivity index (χ4v) is 4.49. The summed E-state index contributed by atoms with van der Waals surface area (Å²) in [6, 6.07) is 4.72. The van der Waals surface area contributed by atoms with Crippen LogP contribution in [0.3, 0.4) is 0 Å². The third-order valence-corrected chi connectivity index (χ3v) is 6.25. The summed E-state index contributed by atoms with van der Waals surface area (Å²) in [4.78, 5) is 48.4. The highest BCUT2D eigenvalue weighted by atomic mass is 16.5. The zero-order valence-electron chi connectivity index (χ0n) is 24.9. The number of hydrogen-bond donors (Lipinski definition) is 8. The van der Waals surface area contributed by atoms with Gasteiger partial charge in [-0.25, -0.2) is 19.2 Å². The molecular weight excluding hydrogens is 584 g/mol. The van der Waals surface area contributed by atoms with Gasteiger partial charge in [-0.1, -0.05) is 0 Å². The SMILES string of the molecule is CC(O)c1c(C(=O)O)ccc(C(=O)OCCCCOC(=O)c2ccc(C(=O)O)c(C(C)O)c2C(C)O)c1C(C)O.OCCO. The van der Waals surface area contributed by atoms with Gasteiger partial charge in [0, 0.05) is 22.3 Å². The predicted molar refractivity (Wildman–Crippen MR) is 153 cm³/mol. The molecule has 0 aromatic heterocycles. The highest BCUT2D eigenvalue weighted by Crippen LogP contribution is 2.32. The Bertz CT molecular complexity index is 1200. The molecule has 2 rings (SSSR count). The molecule has 0 heterocycles. The number of carbonyl (C=O) groups is 4. The van der Waals surface area contributed by atoms with Crippen molar-refractivity contribution in [3.63, 3.8) is 0 Å². The molecular formula is C30H40O14. The number of esters is 2. The van der Waals surface area contributed by atoms with Crippen molar-refractivity contribution in [2.75, 3.05) is 26.4 Å². The van der Waals surface area contributed by atoms with Gasteiger partial charge in [0.05, 0.1) is 73.1 Å². The molecule has 0 bridgehead atoms. The van der Waals surface area contributed by atoms with E-state index in [4.69, 9.17) is 19.7 Å². The van der Waals surface area contributed by atoms with Gasteiger partial charge in [0.25, 0.3) is 0 Å². The van der Waals surface area contributed by atoms with E-state index in [0.717, 1.165) is 12.1 Å². The zero-order valence-corrected chi connectivity index (χ0v) is 24.9. The Morgan fingerprint density at radius 1 is 0.545 bits per heavy atom. The minimum Gasteiger partial charge on any atom is -0.478 e. The normalized spacial score (nSPS) is 13.5. The van der Waals surface area contributed by atoms with Crippen LogP contribution in [-0.2, 0) is 9.47 Å². The molecule has 0 amide bonds. The lowest BCUT2D eigenvalue weighted by Gasteiger charge is -2.20. The lowest BCUT2D eigenvalue weighted by molar-refractivity contribution is 0.0425. The molecule has 8 N–H and O–H groups in total. The van der Waals surface area contributed by atoms with Gasteiger partial charge in [-0.15, -0.1) is 0 Å². The number of carboxylic acids is 2. The van der Waals surface area contributed by atoms with Crippen molar-refractivity contribution in [1.82, 2.24) is 0 Å². The molecule has 0 aliphatic rings. The molecule has 2 aromatic carbocycles. The maximum absolute atomic E-state index is 12.7. The second-order valence-electron chi connectivity index (χ2n) is 9.72. The molecule has 0 aliphatic heterocycles. The van der Waals surface area contributed by atoms with E-state index in [1.54, 1.807) is 0 Å². The molecule has 2 aromatic rings. The maximum atomic E-state index is 12.7. The van der Waals surface area contributed by atoms with Gasteiger partial charge in [0.1, 0.15) is 0 Å². The Labute approximate surface area is 253 Å². The van der Waals surface area contributed by atoms with E-state index in [1.807, 2.05) is 0 Å². The smallest absolute Gasteiger partial charge is 0.338 e. The summed E-state index contributed by atoms with van der Waals surface area (Å²) in [5.41, 5.74) is -0.951. The fourth-order valence-electron chi connectivity index (χ4n) is 4.49. The number of aromatic carboxylic acids is 2. The Morgan fingerprint density at radius 3 is 1.02 bits per heavy atom. The molecule has 14 nitrogen and oxygen atoms in total. The van der Waals surface area contributed by atoms with Crippen molar-refractivity contribution in [2.45, 2.75) is 65.0 Å². The van der Waals surface area contributed by atoms with Gasteiger partial charge in [0.15, 0.2) is 0 Å². The molecule has 4 atom stereocenters. The van der Waals surface area contributed by atoms with E-state index in [-0.39, 0.29) is 83.8 Å². The monoisotopic (exact) mass is 624 g/mol. The minimum absolute atomic E-state index is 0.0479. The van der Waals surface area contributed by atoms with Crippen LogP contribution in [-0.4, -0.2) is 91.2 Å². The molecule has 44 heavy (non-hydrogen) atoms. The Hall–Kier alpha value is -3.92. The van der Waals surface area contributed by atoms with Gasteiger partial charge < -0.3 is 50.3 Å². The highest BCUT2D eigenvalue weighted by Gasteiger charge is 2.28. The molecule has 0 saturated carbocycles. The molecule has 244 valence electrons. The summed E-state index contributed by atoms with van der Waals surface area (Å²) in [6.07, 6.45) is -4.55. The molecule has 0 saturated heterocycles. The van der Waals surface area contributed by atoms with Gasteiger partial charge in [-0.05, 0) is 64.8 Å². The summed E-state index contributed by atoms with van der Waals surface area (Å²) in [6.45, 7) is 4.86. The Balaban J connectivity index is 0.00000227. The number of carbonyl (C=O) groups excluding carboxylic acids is 2. The summed E-state index contributed by atoms with van der Waals surface area (Å²) in [5.74, 6) is -4.32. The second-order valence-corrected chi connectivity index (χ2v) is 9.72. The summed E-state index contributed by atoms with van der Waals surface area (Å²) >= 11 is 0. The van der Waals surface area contributed by atoms with Gasteiger partial charge in [0.2, 0.25) is 0 Å². The molecule has 0 fully saturated rings. The van der Waals surface area contributed by atoms with Gasteiger partial charge >= 0.3 is 23.9 Å². The summed E-state index contributed by atoms with van der Waals surface area (Å²) in [5, 5.41) is 74.7. The number of carboxylic acid groups (broad SMARTS) is 2. The van der Waals surface area contributed by atoms with Crippen molar-refractivity contribution in [1.29, 1.82) is 0 Å². The average Bonchev–Trinajstić information content (AvgIpc) is 2.96. The number of hydrogen-bond acceptors (Lipinski definition) is 12. The average molecular weight is 625 g/mol. The molecule has 0 aliphatic carbocycles. The minimum atomic E-state index is -1.33. The lowest BCUT2D eigenvalue weighted by atomic mass is 9.90. The quantitative estimate of drug-likeness (QED) is 0.111. The van der Waals surface area contributed by atoms with E-state index >= 15 is 0 Å². The lowest BCUT2D eigenvalue weighted by Crippen LogP contribution is -2.18. The zero-order chi connectivity index (χ0) is 33.7. The van der Waals surface area contributed by atoms with Crippen LogP contribution in [0.4, 0.5) is 0 Å². The van der Waals surface area contributed by atoms with Crippen LogP contribution >= 0.6 is 0 Å². The van der Waals surface area contributed by atoms with E-state index in [1.165, 1.54) is 39.8 Å². The van der Waals surface area contributed by atoms with Gasteiger partial charge in [-0.3, -0.25) is 0 Å². The van der Waals surface area contributed by atoms with Crippen molar-refractivity contribution >= 4 is 23.9 Å². The van der Waals surface area contributed by atoms with Crippen LogP contribution in [0, 0.1) is 0 Å². The van der Waals surface area contributed by atoms with Crippen molar-refractivity contribution in [2.24, 2.45) is 0 Å². The first-order valence-corrected chi connectivity index (χ1v) is 13.7. The third kappa shape index (κ3) is 10.1. The van der Waals surface area contributed by atoms with Gasteiger partial charge in [-0.2, -0.15) is 0 Å². The molecule has 4 unspecified atom stereocenters. The van der Waals surface area contributed by atoms with Crippen LogP contribution in [0.25, 0.3) is 0 Å². The van der Waals surface area contributed by atoms with E-state index < -0.39 is 48.3 Å². The predicted octanol–water partition coefficient (Wildman–Crippen LogP) is 2.06. The molecule has 0 radical (unpaired) electrons. The van der Waals surface area contributed by atoms with Crippen molar-refractivity contribution in [3.8, 4) is 0 Å². The number of rotatable bonds is 14. The standard InChI is InChI=1S/C28H34O12.C2H6O2/c1-13(29)21-17(25(33)34)7-9-19(23(21)15(3)31)27(37)39-11-5-6-12-40-28(38)20-10-8-18(26(35)36)22(14(2)30)24(20)16(4)32;3-1-2-4/h7-10,13-16,29-32H,5-6,11-12H2,1-4H3,(H,33,34)(H,35,36);3-4H,1-2H2. The summed E-state index contributed by atoms with van der Waals surface area (Å²) < 4.78 is 10.5. The summed E-state index contributed by atoms with van der Waals surface area (Å²) in [7, 11) is 0. The topological polar surface area (TPSA) is 249 Å². The van der Waals surface area contributed by atoms with Crippen LogP contribution in [0.2, 0.25) is 0 Å². The highest BCUT2D eigenvalue weighted by molar-refractivity contribution is 5.97. The Kier molecular flexibility index (Phi) is 15.6. The first-order chi connectivity index (χ1) is 20.6. The first-order valence-electron chi connectivity index (χ1n) is 13.7. The van der Waals surface area contributed by atoms with Crippen molar-refractivity contribution in [3.05, 3.63) is 68.8 Å². The number of benzene rings is 2. The van der Waals surface area contributed by atoms with Crippen LogP contribution in [0.15, 0.2) is 24.3 Å². The largest absolute Gasteiger partial charge is 0.478 e. The van der Waals surface area contributed by atoms with E-state index in [2.05, 4.69) is 0 Å². The Morgan fingerprint density at radius 2 is 0.795 bits per heavy atom. The molecule has 0 spiro atoms. The fraction of sp³-hybridized carbons (Fsp3) is 0.467. The van der Waals surface area contributed by atoms with Crippen molar-refractivity contribution < 1.29 is 69.5 Å². The number of ether oxygens (including phenoxy) is 2. The number of unbranched alkanes of at least 4 members (excludes halogenated alkanes) is 1. The van der Waals surface area contributed by atoms with E-state index in [9.17, 15) is 49.8 Å². The van der Waals surface area contributed by atoms with Crippen LogP contribution < -0.4 is 0 Å². The van der Waals surface area contributed by atoms with Crippen LogP contribution in [0.1, 0.15) is 129 Å². The number of aliphatic hydroxyl groups is 6. The first kappa shape index (κ1) is 38.1. The third-order valence-electron chi connectivity index (χ3n) is 6.25. The number of aliphatic hydroxyl groups excluding tert-OH is 6. The maximum Gasteiger partial charge on any atom is 0.338 e. The van der Waals surface area contributed by atoms with E-state index in [0.29, 0.717) is 0 Å². The van der Waals surface area contributed by atoms with Crippen LogP contribution in [0.5, 0.6) is 0 Å². The second kappa shape index (κ2) is 18.0. The molecule has 14 heteroatoms.